The Kier molecular flexibility index (Phi) is 3.09. The predicted molar refractivity (Wildman–Crippen MR) is 67.9 cm³/mol. The highest BCUT2D eigenvalue weighted by atomic mass is 16.6. The van der Waals surface area contributed by atoms with Crippen molar-refractivity contribution in [3.05, 3.63) is 23.8 Å². The zero-order chi connectivity index (χ0) is 14.1. The van der Waals surface area contributed by atoms with Gasteiger partial charge < -0.3 is 25.2 Å². The number of ether oxygens (including phenoxy) is 2. The monoisotopic (exact) mass is 278 g/mol. The van der Waals surface area contributed by atoms with Crippen LogP contribution < -0.4 is 20.1 Å². The van der Waals surface area contributed by atoms with Crippen LogP contribution in [0.4, 0.5) is 4.79 Å². The van der Waals surface area contributed by atoms with Crippen molar-refractivity contribution in [2.75, 3.05) is 13.2 Å². The summed E-state index contributed by atoms with van der Waals surface area (Å²) in [5, 5.41) is 14.0. The molecule has 2 aliphatic heterocycles. The first-order valence-corrected chi connectivity index (χ1v) is 6.32. The lowest BCUT2D eigenvalue weighted by molar-refractivity contribution is -0.119. The Morgan fingerprint density at radius 1 is 1.30 bits per heavy atom. The molecule has 0 spiro atoms. The molecule has 3 rings (SSSR count). The van der Waals surface area contributed by atoms with Crippen LogP contribution in [-0.4, -0.2) is 36.4 Å². The molecule has 106 valence electrons. The van der Waals surface area contributed by atoms with Crippen LogP contribution >= 0.6 is 0 Å². The van der Waals surface area contributed by atoms with Gasteiger partial charge in [-0.1, -0.05) is 6.07 Å². The molecule has 2 heterocycles. The number of benzene rings is 1. The minimum atomic E-state index is -1.14. The summed E-state index contributed by atoms with van der Waals surface area (Å²) in [5.41, 5.74) is 0.791. The van der Waals surface area contributed by atoms with Gasteiger partial charge in [-0.25, -0.2) is 4.79 Å². The third kappa shape index (κ3) is 2.34. The van der Waals surface area contributed by atoms with E-state index in [0.717, 1.165) is 5.56 Å². The minimum absolute atomic E-state index is 0.130. The van der Waals surface area contributed by atoms with Crippen molar-refractivity contribution >= 4 is 12.0 Å². The van der Waals surface area contributed by atoms with E-state index in [1.807, 2.05) is 0 Å². The fourth-order valence-corrected chi connectivity index (χ4v) is 2.51. The van der Waals surface area contributed by atoms with Crippen LogP contribution in [0.3, 0.4) is 0 Å². The summed E-state index contributed by atoms with van der Waals surface area (Å²) in [7, 11) is 0. The molecule has 7 nitrogen and oxygen atoms in total. The SMILES string of the molecule is O=C(O)N[C@H]1CC(=O)N[C@@H]1c1ccc2c(c1)OCCO2. The number of carbonyl (C=O) groups is 2. The topological polar surface area (TPSA) is 96.9 Å². The van der Waals surface area contributed by atoms with E-state index >= 15 is 0 Å². The fraction of sp³-hybridized carbons (Fsp3) is 0.385. The van der Waals surface area contributed by atoms with Gasteiger partial charge in [-0.05, 0) is 17.7 Å². The first-order chi connectivity index (χ1) is 9.63. The van der Waals surface area contributed by atoms with Crippen molar-refractivity contribution < 1.29 is 24.2 Å². The number of amides is 2. The standard InChI is InChI=1S/C13H14N2O5/c16-11-6-8(14-13(17)18)12(15-11)7-1-2-9-10(5-7)20-4-3-19-9/h1-2,5,8,12,14H,3-4,6H2,(H,15,16)(H,17,18)/t8-,12+/m0/s1. The number of hydrogen-bond acceptors (Lipinski definition) is 4. The van der Waals surface area contributed by atoms with Crippen LogP contribution in [0.5, 0.6) is 11.5 Å². The Labute approximate surface area is 114 Å². The number of carboxylic acid groups (broad SMARTS) is 1. The van der Waals surface area contributed by atoms with E-state index < -0.39 is 18.2 Å². The first kappa shape index (κ1) is 12.6. The second kappa shape index (κ2) is 4.92. The Balaban J connectivity index is 1.86. The third-order valence-corrected chi connectivity index (χ3v) is 3.36. The molecule has 0 aromatic heterocycles. The summed E-state index contributed by atoms with van der Waals surface area (Å²) in [6.07, 6.45) is -1.01. The van der Waals surface area contributed by atoms with Crippen LogP contribution in [0.1, 0.15) is 18.0 Å². The molecule has 0 saturated carbocycles. The molecule has 0 bridgehead atoms. The van der Waals surface area contributed by atoms with E-state index in [1.54, 1.807) is 18.2 Å². The van der Waals surface area contributed by atoms with Gasteiger partial charge in [-0.3, -0.25) is 4.79 Å². The van der Waals surface area contributed by atoms with Crippen LogP contribution in [0.15, 0.2) is 18.2 Å². The number of rotatable bonds is 2. The largest absolute Gasteiger partial charge is 0.486 e. The molecule has 1 saturated heterocycles. The molecule has 1 aromatic rings. The second-order valence-electron chi connectivity index (χ2n) is 4.71. The zero-order valence-corrected chi connectivity index (χ0v) is 10.6. The average Bonchev–Trinajstić information content (AvgIpc) is 2.78. The number of carbonyl (C=O) groups excluding carboxylic acids is 1. The van der Waals surface area contributed by atoms with Gasteiger partial charge in [0.2, 0.25) is 5.91 Å². The molecule has 1 aromatic carbocycles. The van der Waals surface area contributed by atoms with E-state index in [2.05, 4.69) is 10.6 Å². The molecular weight excluding hydrogens is 264 g/mol. The highest BCUT2D eigenvalue weighted by molar-refractivity contribution is 5.81. The predicted octanol–water partition coefficient (Wildman–Crippen LogP) is 0.655. The molecule has 0 unspecified atom stereocenters. The van der Waals surface area contributed by atoms with Crippen molar-refractivity contribution in [1.29, 1.82) is 0 Å². The third-order valence-electron chi connectivity index (χ3n) is 3.36. The van der Waals surface area contributed by atoms with Gasteiger partial charge in [0.05, 0.1) is 12.1 Å². The molecule has 3 N–H and O–H groups in total. The van der Waals surface area contributed by atoms with Crippen LogP contribution in [0.25, 0.3) is 0 Å². The normalized spacial score (nSPS) is 24.1. The number of fused-ring (bicyclic) bond motifs is 1. The van der Waals surface area contributed by atoms with Gasteiger partial charge in [0.15, 0.2) is 11.5 Å². The Bertz CT molecular complexity index is 560. The lowest BCUT2D eigenvalue weighted by atomic mass is 10.0. The van der Waals surface area contributed by atoms with Crippen LogP contribution in [0, 0.1) is 0 Å². The molecule has 2 aliphatic rings. The van der Waals surface area contributed by atoms with Crippen molar-refractivity contribution in [3.8, 4) is 11.5 Å². The van der Waals surface area contributed by atoms with Gasteiger partial charge >= 0.3 is 6.09 Å². The number of nitrogens with one attached hydrogen (secondary N) is 2. The van der Waals surface area contributed by atoms with Crippen LogP contribution in [-0.2, 0) is 4.79 Å². The molecule has 0 aliphatic carbocycles. The fourth-order valence-electron chi connectivity index (χ4n) is 2.51. The first-order valence-electron chi connectivity index (χ1n) is 6.32. The lowest BCUT2D eigenvalue weighted by Crippen LogP contribution is -2.37. The van der Waals surface area contributed by atoms with E-state index in [4.69, 9.17) is 14.6 Å². The van der Waals surface area contributed by atoms with Gasteiger partial charge in [0.25, 0.3) is 0 Å². The quantitative estimate of drug-likeness (QED) is 0.738. The molecule has 7 heteroatoms. The number of hydrogen-bond donors (Lipinski definition) is 3. The van der Waals surface area contributed by atoms with Crippen molar-refractivity contribution in [2.24, 2.45) is 0 Å². The zero-order valence-electron chi connectivity index (χ0n) is 10.6. The Morgan fingerprint density at radius 3 is 2.80 bits per heavy atom. The highest BCUT2D eigenvalue weighted by Crippen LogP contribution is 2.34. The van der Waals surface area contributed by atoms with Gasteiger partial charge in [0.1, 0.15) is 13.2 Å². The molecular formula is C13H14N2O5. The van der Waals surface area contributed by atoms with Crippen molar-refractivity contribution in [3.63, 3.8) is 0 Å². The Morgan fingerprint density at radius 2 is 2.05 bits per heavy atom. The summed E-state index contributed by atoms with van der Waals surface area (Å²) in [6, 6.07) is 4.48. The minimum Gasteiger partial charge on any atom is -0.486 e. The maximum absolute atomic E-state index is 11.5. The molecule has 2 atom stereocenters. The van der Waals surface area contributed by atoms with Gasteiger partial charge in [-0.2, -0.15) is 0 Å². The van der Waals surface area contributed by atoms with Gasteiger partial charge in [-0.15, -0.1) is 0 Å². The lowest BCUT2D eigenvalue weighted by Gasteiger charge is -2.23. The maximum atomic E-state index is 11.5. The van der Waals surface area contributed by atoms with Crippen LogP contribution in [0.2, 0.25) is 0 Å². The average molecular weight is 278 g/mol. The van der Waals surface area contributed by atoms with Crippen molar-refractivity contribution in [2.45, 2.75) is 18.5 Å². The van der Waals surface area contributed by atoms with E-state index in [0.29, 0.717) is 24.7 Å². The smallest absolute Gasteiger partial charge is 0.404 e. The molecule has 0 radical (unpaired) electrons. The van der Waals surface area contributed by atoms with Crippen molar-refractivity contribution in [1.82, 2.24) is 10.6 Å². The van der Waals surface area contributed by atoms with E-state index in [9.17, 15) is 9.59 Å². The van der Waals surface area contributed by atoms with E-state index in [1.165, 1.54) is 0 Å². The molecule has 1 fully saturated rings. The maximum Gasteiger partial charge on any atom is 0.404 e. The molecule has 20 heavy (non-hydrogen) atoms. The summed E-state index contributed by atoms with van der Waals surface area (Å²) in [6.45, 7) is 0.986. The Hall–Kier alpha value is -2.44. The summed E-state index contributed by atoms with van der Waals surface area (Å²) in [4.78, 5) is 22.3. The summed E-state index contributed by atoms with van der Waals surface area (Å²) >= 11 is 0. The summed E-state index contributed by atoms with van der Waals surface area (Å²) < 4.78 is 10.9. The highest BCUT2D eigenvalue weighted by Gasteiger charge is 2.35. The van der Waals surface area contributed by atoms with E-state index in [-0.39, 0.29) is 12.3 Å². The molecule has 2 amide bonds. The van der Waals surface area contributed by atoms with Gasteiger partial charge in [0, 0.05) is 6.42 Å². The second-order valence-corrected chi connectivity index (χ2v) is 4.71. The summed E-state index contributed by atoms with van der Waals surface area (Å²) in [5.74, 6) is 1.10.